The van der Waals surface area contributed by atoms with Gasteiger partial charge in [0.1, 0.15) is 0 Å². The van der Waals surface area contributed by atoms with E-state index in [0.717, 1.165) is 10.7 Å². The molecule has 2 heterocycles. The fourth-order valence-corrected chi connectivity index (χ4v) is 4.04. The highest BCUT2D eigenvalue weighted by atomic mass is 32.1. The van der Waals surface area contributed by atoms with E-state index in [-0.39, 0.29) is 6.04 Å². The number of aryl methyl sites for hydroxylation is 1. The van der Waals surface area contributed by atoms with Crippen molar-refractivity contribution in [2.75, 3.05) is 11.9 Å². The average Bonchev–Trinajstić information content (AvgIpc) is 3.28. The van der Waals surface area contributed by atoms with Crippen molar-refractivity contribution in [3.8, 4) is 11.3 Å². The first-order valence-electron chi connectivity index (χ1n) is 8.27. The molecule has 4 rings (SSSR count). The number of aromatic nitrogens is 2. The Morgan fingerprint density at radius 3 is 2.80 bits per heavy atom. The second-order valence-electron chi connectivity index (χ2n) is 6.04. The lowest BCUT2D eigenvalue weighted by Crippen LogP contribution is -2.20. The van der Waals surface area contributed by atoms with E-state index in [4.69, 9.17) is 5.73 Å². The summed E-state index contributed by atoms with van der Waals surface area (Å²) >= 11 is 1.69. The van der Waals surface area contributed by atoms with E-state index in [1.54, 1.807) is 11.3 Å². The molecule has 0 aliphatic carbocycles. The Labute approximate surface area is 150 Å². The Morgan fingerprint density at radius 2 is 2.00 bits per heavy atom. The number of benzene rings is 2. The van der Waals surface area contributed by atoms with Gasteiger partial charge in [0.15, 0.2) is 0 Å². The summed E-state index contributed by atoms with van der Waals surface area (Å²) in [7, 11) is 1.96. The summed E-state index contributed by atoms with van der Waals surface area (Å²) in [5, 5.41) is 13.6. The van der Waals surface area contributed by atoms with Crippen LogP contribution < -0.4 is 11.1 Å². The third-order valence-electron chi connectivity index (χ3n) is 4.47. The molecule has 1 unspecified atom stereocenters. The maximum absolute atomic E-state index is 6.10. The summed E-state index contributed by atoms with van der Waals surface area (Å²) in [6.07, 6.45) is 1.82. The number of nitrogens with zero attached hydrogens (tertiary/aromatic N) is 2. The summed E-state index contributed by atoms with van der Waals surface area (Å²) in [4.78, 5) is 0. The molecule has 0 bridgehead atoms. The Hall–Kier alpha value is -2.63. The van der Waals surface area contributed by atoms with Gasteiger partial charge in [-0.3, -0.25) is 4.68 Å². The quantitative estimate of drug-likeness (QED) is 0.561. The second-order valence-corrected chi connectivity index (χ2v) is 6.95. The van der Waals surface area contributed by atoms with Crippen molar-refractivity contribution in [3.05, 3.63) is 71.7 Å². The normalized spacial score (nSPS) is 12.4. The lowest BCUT2D eigenvalue weighted by Gasteiger charge is -2.19. The van der Waals surface area contributed by atoms with E-state index < -0.39 is 0 Å². The first-order valence-corrected chi connectivity index (χ1v) is 9.15. The molecule has 1 atom stereocenters. The summed E-state index contributed by atoms with van der Waals surface area (Å²) < 4.78 is 1.89. The standard InChI is InChI=1S/C20H20N4S/c1-24-19(9-10-22-24)15-11-20(25-13-15)23-18(12-21)17-8-4-6-14-5-2-3-7-16(14)17/h2-11,13,18,23H,12,21H2,1H3. The molecule has 126 valence electrons. The van der Waals surface area contributed by atoms with Gasteiger partial charge in [-0.15, -0.1) is 11.3 Å². The van der Waals surface area contributed by atoms with E-state index in [9.17, 15) is 0 Å². The molecule has 0 spiro atoms. The Kier molecular flexibility index (Phi) is 4.26. The van der Waals surface area contributed by atoms with E-state index in [1.807, 2.05) is 24.0 Å². The molecule has 0 radical (unpaired) electrons. The van der Waals surface area contributed by atoms with Gasteiger partial charge in [0.2, 0.25) is 0 Å². The van der Waals surface area contributed by atoms with E-state index in [0.29, 0.717) is 6.54 Å². The molecule has 2 aromatic heterocycles. The number of fused-ring (bicyclic) bond motifs is 1. The largest absolute Gasteiger partial charge is 0.369 e. The summed E-state index contributed by atoms with van der Waals surface area (Å²) in [5.41, 5.74) is 9.61. The summed E-state index contributed by atoms with van der Waals surface area (Å²) in [6, 6.07) is 19.1. The first kappa shape index (κ1) is 15.9. The van der Waals surface area contributed by atoms with Gasteiger partial charge in [-0.25, -0.2) is 0 Å². The zero-order valence-corrected chi connectivity index (χ0v) is 14.8. The summed E-state index contributed by atoms with van der Waals surface area (Å²) in [5.74, 6) is 0. The van der Waals surface area contributed by atoms with Gasteiger partial charge < -0.3 is 11.1 Å². The minimum atomic E-state index is 0.0733. The van der Waals surface area contributed by atoms with Crippen LogP contribution in [-0.4, -0.2) is 16.3 Å². The van der Waals surface area contributed by atoms with Crippen molar-refractivity contribution in [3.63, 3.8) is 0 Å². The molecule has 0 aliphatic heterocycles. The number of thiophene rings is 1. The smallest absolute Gasteiger partial charge is 0.0894 e. The SMILES string of the molecule is Cn1nccc1-c1csc(NC(CN)c2cccc3ccccc23)c1. The van der Waals surface area contributed by atoms with Gasteiger partial charge >= 0.3 is 0 Å². The van der Waals surface area contributed by atoms with Gasteiger partial charge in [0.05, 0.1) is 16.7 Å². The van der Waals surface area contributed by atoms with Crippen LogP contribution in [0, 0.1) is 0 Å². The van der Waals surface area contributed by atoms with E-state index >= 15 is 0 Å². The van der Waals surface area contributed by atoms with Crippen LogP contribution in [0.4, 0.5) is 5.00 Å². The second kappa shape index (κ2) is 6.70. The minimum absolute atomic E-state index is 0.0733. The predicted octanol–water partition coefficient (Wildman–Crippen LogP) is 4.41. The lowest BCUT2D eigenvalue weighted by atomic mass is 9.99. The molecular formula is C20H20N4S. The van der Waals surface area contributed by atoms with Crippen LogP contribution in [0.5, 0.6) is 0 Å². The Bertz CT molecular complexity index is 996. The number of rotatable bonds is 5. The molecule has 25 heavy (non-hydrogen) atoms. The van der Waals surface area contributed by atoms with Crippen molar-refractivity contribution in [2.24, 2.45) is 12.8 Å². The number of anilines is 1. The average molecular weight is 348 g/mol. The molecule has 2 aromatic carbocycles. The molecular weight excluding hydrogens is 328 g/mol. The van der Waals surface area contributed by atoms with Crippen molar-refractivity contribution in [1.82, 2.24) is 9.78 Å². The zero-order valence-electron chi connectivity index (χ0n) is 14.0. The molecule has 0 amide bonds. The zero-order chi connectivity index (χ0) is 17.2. The number of nitrogens with one attached hydrogen (secondary N) is 1. The molecule has 0 saturated carbocycles. The monoisotopic (exact) mass is 348 g/mol. The first-order chi connectivity index (χ1) is 12.3. The van der Waals surface area contributed by atoms with Gasteiger partial charge in [0.25, 0.3) is 0 Å². The van der Waals surface area contributed by atoms with Crippen molar-refractivity contribution in [1.29, 1.82) is 0 Å². The van der Waals surface area contributed by atoms with Crippen LogP contribution in [0.1, 0.15) is 11.6 Å². The molecule has 0 saturated heterocycles. The third kappa shape index (κ3) is 3.04. The van der Waals surface area contributed by atoms with Crippen LogP contribution in [0.3, 0.4) is 0 Å². The maximum Gasteiger partial charge on any atom is 0.0894 e. The van der Waals surface area contributed by atoms with Crippen molar-refractivity contribution < 1.29 is 0 Å². The van der Waals surface area contributed by atoms with E-state index in [1.165, 1.54) is 21.9 Å². The molecule has 4 nitrogen and oxygen atoms in total. The molecule has 3 N–H and O–H groups in total. The van der Waals surface area contributed by atoms with Gasteiger partial charge in [-0.1, -0.05) is 42.5 Å². The highest BCUT2D eigenvalue weighted by Gasteiger charge is 2.14. The number of hydrogen-bond donors (Lipinski definition) is 2. The van der Waals surface area contributed by atoms with E-state index in [2.05, 4.69) is 64.3 Å². The summed E-state index contributed by atoms with van der Waals surface area (Å²) in [6.45, 7) is 0.535. The molecule has 0 aliphatic rings. The van der Waals surface area contributed by atoms with Crippen LogP contribution >= 0.6 is 11.3 Å². The van der Waals surface area contributed by atoms with Crippen LogP contribution in [-0.2, 0) is 7.05 Å². The van der Waals surface area contributed by atoms with Gasteiger partial charge in [0, 0.05) is 30.7 Å². The maximum atomic E-state index is 6.10. The Balaban J connectivity index is 1.64. The lowest BCUT2D eigenvalue weighted by molar-refractivity contribution is 0.776. The van der Waals surface area contributed by atoms with Gasteiger partial charge in [-0.05, 0) is 28.5 Å². The van der Waals surface area contributed by atoms with Crippen LogP contribution in [0.25, 0.3) is 22.0 Å². The molecule has 5 heteroatoms. The molecule has 0 fully saturated rings. The Morgan fingerprint density at radius 1 is 1.16 bits per heavy atom. The number of hydrogen-bond acceptors (Lipinski definition) is 4. The predicted molar refractivity (Wildman–Crippen MR) is 106 cm³/mol. The van der Waals surface area contributed by atoms with Crippen molar-refractivity contribution >= 4 is 27.1 Å². The third-order valence-corrected chi connectivity index (χ3v) is 5.33. The highest BCUT2D eigenvalue weighted by Crippen LogP contribution is 2.32. The fraction of sp³-hybridized carbons (Fsp3) is 0.150. The molecule has 4 aromatic rings. The van der Waals surface area contributed by atoms with Crippen LogP contribution in [0.15, 0.2) is 66.2 Å². The highest BCUT2D eigenvalue weighted by molar-refractivity contribution is 7.14. The minimum Gasteiger partial charge on any atom is -0.369 e. The number of nitrogens with two attached hydrogens (primary N) is 1. The van der Waals surface area contributed by atoms with Crippen molar-refractivity contribution in [2.45, 2.75) is 6.04 Å². The van der Waals surface area contributed by atoms with Gasteiger partial charge in [-0.2, -0.15) is 5.10 Å². The van der Waals surface area contributed by atoms with Crippen LogP contribution in [0.2, 0.25) is 0 Å². The fourth-order valence-electron chi connectivity index (χ4n) is 3.19. The topological polar surface area (TPSA) is 55.9 Å².